The summed E-state index contributed by atoms with van der Waals surface area (Å²) in [5, 5.41) is 3.70. The summed E-state index contributed by atoms with van der Waals surface area (Å²) in [6, 6.07) is 0. The van der Waals surface area contributed by atoms with Gasteiger partial charge in [-0.15, -0.1) is 11.3 Å². The lowest BCUT2D eigenvalue weighted by atomic mass is 10.4. The van der Waals surface area contributed by atoms with Crippen molar-refractivity contribution in [3.63, 3.8) is 0 Å². The van der Waals surface area contributed by atoms with E-state index in [0.717, 1.165) is 0 Å². The van der Waals surface area contributed by atoms with Crippen molar-refractivity contribution in [1.82, 2.24) is 4.98 Å². The molecule has 1 heterocycles. The zero-order chi connectivity index (χ0) is 6.69. The van der Waals surface area contributed by atoms with Crippen LogP contribution in [0.2, 0.25) is 0 Å². The molecule has 0 aliphatic carbocycles. The zero-order valence-corrected chi connectivity index (χ0v) is 5.96. The van der Waals surface area contributed by atoms with Gasteiger partial charge in [-0.1, -0.05) is 12.2 Å². The molecule has 0 N–H and O–H groups in total. The maximum absolute atomic E-state index is 10.6. The zero-order valence-electron chi connectivity index (χ0n) is 4.33. The molecule has 1 radical (unpaired) electrons. The van der Waals surface area contributed by atoms with Gasteiger partial charge in [0.2, 0.25) is 5.78 Å². The smallest absolute Gasteiger partial charge is 0.224 e. The quantitative estimate of drug-likeness (QED) is 0.476. The Hall–Kier alpha value is -0.610. The number of carbonyl (C=O) groups excluding carboxylic acids is 1. The third-order valence-electron chi connectivity index (χ3n) is 0.758. The van der Waals surface area contributed by atoms with Gasteiger partial charge in [0.05, 0.1) is 5.51 Å². The number of rotatable bonds is 2. The fraction of sp³-hybridized carbons (Fsp3) is 0. The first-order valence-electron chi connectivity index (χ1n) is 2.15. The van der Waals surface area contributed by atoms with Crippen LogP contribution < -0.4 is 0 Å². The van der Waals surface area contributed by atoms with Crippen LogP contribution >= 0.6 is 23.6 Å². The normalized spacial score (nSPS) is 8.89. The molecule has 0 saturated heterocycles. The van der Waals surface area contributed by atoms with Gasteiger partial charge in [-0.25, -0.2) is 4.98 Å². The lowest BCUT2D eigenvalue weighted by Crippen LogP contribution is -1.97. The minimum atomic E-state index is -0.314. The van der Waals surface area contributed by atoms with Gasteiger partial charge in [0.15, 0.2) is 0 Å². The third-order valence-corrected chi connectivity index (χ3v) is 1.53. The van der Waals surface area contributed by atoms with E-state index in [1.54, 1.807) is 10.9 Å². The first-order chi connectivity index (χ1) is 4.34. The lowest BCUT2D eigenvalue weighted by molar-refractivity contribution is 0.106. The molecule has 1 aromatic heterocycles. The van der Waals surface area contributed by atoms with Crippen molar-refractivity contribution >= 4 is 34.7 Å². The highest BCUT2D eigenvalue weighted by atomic mass is 32.1. The molecule has 0 bridgehead atoms. The summed E-state index contributed by atoms with van der Waals surface area (Å²) in [7, 11) is 0. The van der Waals surface area contributed by atoms with Gasteiger partial charge in [-0.2, -0.15) is 0 Å². The second-order valence-electron chi connectivity index (χ2n) is 1.30. The van der Waals surface area contributed by atoms with E-state index in [4.69, 9.17) is 0 Å². The van der Waals surface area contributed by atoms with Crippen LogP contribution in [0, 0.1) is 0 Å². The van der Waals surface area contributed by atoms with Crippen molar-refractivity contribution in [2.75, 3.05) is 0 Å². The molecule has 45 valence electrons. The van der Waals surface area contributed by atoms with Crippen molar-refractivity contribution in [2.45, 2.75) is 0 Å². The van der Waals surface area contributed by atoms with E-state index < -0.39 is 0 Å². The Morgan fingerprint density at radius 2 is 2.67 bits per heavy atom. The Labute approximate surface area is 61.5 Å². The molecule has 0 unspecified atom stereocenters. The second-order valence-corrected chi connectivity index (χ2v) is 2.23. The summed E-state index contributed by atoms with van der Waals surface area (Å²) < 4.78 is 0. The Morgan fingerprint density at radius 1 is 1.89 bits per heavy atom. The number of thiazole rings is 1. The molecule has 0 aliphatic rings. The summed E-state index contributed by atoms with van der Waals surface area (Å²) in [5.74, 6) is -0.314. The van der Waals surface area contributed by atoms with Crippen molar-refractivity contribution < 1.29 is 4.79 Å². The molecule has 0 aliphatic heterocycles. The summed E-state index contributed by atoms with van der Waals surface area (Å²) >= 11 is 5.65. The van der Waals surface area contributed by atoms with E-state index in [2.05, 4.69) is 22.6 Å². The molecule has 9 heavy (non-hydrogen) atoms. The minimum absolute atomic E-state index is 0.314. The Bertz CT molecular complexity index is 217. The number of carbonyl (C=O) groups is 1. The fourth-order valence-electron chi connectivity index (χ4n) is 0.377. The average Bonchev–Trinajstić information content (AvgIpc) is 2.37. The van der Waals surface area contributed by atoms with Crippen LogP contribution in [0.4, 0.5) is 0 Å². The molecule has 4 heteroatoms. The Balaban J connectivity index is 2.89. The topological polar surface area (TPSA) is 30.0 Å². The van der Waals surface area contributed by atoms with Crippen LogP contribution in [-0.2, 0) is 0 Å². The van der Waals surface area contributed by atoms with E-state index in [1.807, 2.05) is 0 Å². The SMILES string of the molecule is O=C([C]=S)c1cscn1. The molecule has 0 fully saturated rings. The van der Waals surface area contributed by atoms with Gasteiger partial charge in [-0.05, 0) is 0 Å². The average molecular weight is 156 g/mol. The second kappa shape index (κ2) is 2.80. The molecular weight excluding hydrogens is 154 g/mol. The van der Waals surface area contributed by atoms with Gasteiger partial charge in [0.25, 0.3) is 0 Å². The third kappa shape index (κ3) is 1.40. The van der Waals surface area contributed by atoms with Crippen LogP contribution in [0.1, 0.15) is 10.5 Å². The molecule has 0 aromatic carbocycles. The van der Waals surface area contributed by atoms with E-state index in [-0.39, 0.29) is 5.78 Å². The van der Waals surface area contributed by atoms with E-state index in [9.17, 15) is 4.79 Å². The predicted octanol–water partition coefficient (Wildman–Crippen LogP) is 1.20. The number of Topliss-reactive ketones (excluding diaryl/α,β-unsaturated/α-hetero) is 1. The molecule has 1 rings (SSSR count). The van der Waals surface area contributed by atoms with Gasteiger partial charge in [0, 0.05) is 5.38 Å². The van der Waals surface area contributed by atoms with E-state index in [0.29, 0.717) is 5.69 Å². The number of hydrogen-bond acceptors (Lipinski definition) is 4. The van der Waals surface area contributed by atoms with Gasteiger partial charge >= 0.3 is 0 Å². The summed E-state index contributed by atoms with van der Waals surface area (Å²) in [6.45, 7) is 0. The highest BCUT2D eigenvalue weighted by Crippen LogP contribution is 1.99. The summed E-state index contributed by atoms with van der Waals surface area (Å²) in [4.78, 5) is 14.3. The van der Waals surface area contributed by atoms with Gasteiger partial charge < -0.3 is 0 Å². The number of ketones is 1. The summed E-state index contributed by atoms with van der Waals surface area (Å²) in [5.41, 5.74) is 1.97. The van der Waals surface area contributed by atoms with Crippen LogP contribution in [0.3, 0.4) is 0 Å². The standard InChI is InChI=1S/C5H2NOS2/c7-5(1-8)4-2-9-3-6-4/h2-3H. The fourth-order valence-corrected chi connectivity index (χ4v) is 1.01. The number of hydrogen-bond donors (Lipinski definition) is 0. The van der Waals surface area contributed by atoms with E-state index in [1.165, 1.54) is 11.3 Å². The molecule has 0 atom stereocenters. The van der Waals surface area contributed by atoms with Crippen molar-refractivity contribution in [2.24, 2.45) is 0 Å². The lowest BCUT2D eigenvalue weighted by Gasteiger charge is -1.78. The molecule has 1 aromatic rings. The van der Waals surface area contributed by atoms with Crippen LogP contribution in [0.5, 0.6) is 0 Å². The first kappa shape index (κ1) is 6.51. The Morgan fingerprint density at radius 3 is 3.11 bits per heavy atom. The molecular formula is C5H2NOS2. The number of aromatic nitrogens is 1. The summed E-state index contributed by atoms with van der Waals surface area (Å²) in [6.07, 6.45) is 0. The highest BCUT2D eigenvalue weighted by Gasteiger charge is 2.01. The van der Waals surface area contributed by atoms with E-state index >= 15 is 0 Å². The van der Waals surface area contributed by atoms with Gasteiger partial charge in [0.1, 0.15) is 11.1 Å². The maximum atomic E-state index is 10.6. The molecule has 2 nitrogen and oxygen atoms in total. The molecule has 0 amide bonds. The highest BCUT2D eigenvalue weighted by molar-refractivity contribution is 7.80. The van der Waals surface area contributed by atoms with Crippen LogP contribution in [0.15, 0.2) is 10.9 Å². The van der Waals surface area contributed by atoms with Crippen molar-refractivity contribution in [3.05, 3.63) is 16.6 Å². The van der Waals surface area contributed by atoms with Crippen LogP contribution in [0.25, 0.3) is 0 Å². The Kier molecular flexibility index (Phi) is 2.02. The van der Waals surface area contributed by atoms with Crippen LogP contribution in [-0.4, -0.2) is 16.1 Å². The van der Waals surface area contributed by atoms with Crippen molar-refractivity contribution in [1.29, 1.82) is 0 Å². The maximum Gasteiger partial charge on any atom is 0.224 e. The monoisotopic (exact) mass is 156 g/mol. The first-order valence-corrected chi connectivity index (χ1v) is 3.50. The number of thiocarbonyl (C=S) groups is 1. The van der Waals surface area contributed by atoms with Crippen molar-refractivity contribution in [3.8, 4) is 0 Å². The number of nitrogens with zero attached hydrogens (tertiary/aromatic N) is 1. The predicted molar refractivity (Wildman–Crippen MR) is 39.0 cm³/mol. The largest absolute Gasteiger partial charge is 0.286 e. The molecule has 0 spiro atoms. The van der Waals surface area contributed by atoms with Gasteiger partial charge in [-0.3, -0.25) is 4.79 Å². The minimum Gasteiger partial charge on any atom is -0.286 e. The molecule has 0 saturated carbocycles.